The second-order valence-corrected chi connectivity index (χ2v) is 7.00. The van der Waals surface area contributed by atoms with Gasteiger partial charge in [-0.25, -0.2) is 4.79 Å². The zero-order chi connectivity index (χ0) is 19.8. The monoisotopic (exact) mass is 373 g/mol. The number of ether oxygens (including phenoxy) is 1. The summed E-state index contributed by atoms with van der Waals surface area (Å²) in [5.74, 6) is -1.71. The van der Waals surface area contributed by atoms with Gasteiger partial charge in [-0.2, -0.15) is 13.2 Å². The van der Waals surface area contributed by atoms with Gasteiger partial charge in [0.25, 0.3) is 0 Å². The van der Waals surface area contributed by atoms with Crippen molar-refractivity contribution in [1.29, 1.82) is 0 Å². The number of alkyl halides is 3. The SMILES string of the molecule is CCOC1CC(NC(=O)Cc2ccc(C(F)(F)F)cc2)(C(=O)O)C1(C)C. The zero-order valence-corrected chi connectivity index (χ0v) is 14.8. The highest BCUT2D eigenvalue weighted by Crippen LogP contribution is 2.51. The molecule has 2 atom stereocenters. The van der Waals surface area contributed by atoms with Crippen molar-refractivity contribution in [3.8, 4) is 0 Å². The predicted molar refractivity (Wildman–Crippen MR) is 87.5 cm³/mol. The maximum absolute atomic E-state index is 12.6. The predicted octanol–water partition coefficient (Wildman–Crippen LogP) is 3.02. The number of carbonyl (C=O) groups excluding carboxylic acids is 1. The summed E-state index contributed by atoms with van der Waals surface area (Å²) in [4.78, 5) is 24.1. The molecule has 1 aromatic rings. The molecule has 0 spiro atoms. The lowest BCUT2D eigenvalue weighted by Gasteiger charge is -2.58. The molecule has 1 amide bonds. The Labute approximate surface area is 149 Å². The number of halogens is 3. The molecule has 0 bridgehead atoms. The van der Waals surface area contributed by atoms with Crippen LogP contribution < -0.4 is 5.32 Å². The Morgan fingerprint density at radius 1 is 1.27 bits per heavy atom. The highest BCUT2D eigenvalue weighted by molar-refractivity contribution is 5.90. The number of amides is 1. The van der Waals surface area contributed by atoms with E-state index in [1.54, 1.807) is 20.8 Å². The standard InChI is InChI=1S/C18H22F3NO4/c1-4-26-13-10-17(15(24)25,16(13,2)3)22-14(23)9-11-5-7-12(8-6-11)18(19,20)21/h5-8,13H,4,9-10H2,1-3H3,(H,22,23)(H,24,25). The van der Waals surface area contributed by atoms with E-state index < -0.39 is 34.6 Å². The van der Waals surface area contributed by atoms with Crippen LogP contribution in [0, 0.1) is 5.41 Å². The maximum Gasteiger partial charge on any atom is 0.416 e. The van der Waals surface area contributed by atoms with E-state index in [1.807, 2.05) is 0 Å². The van der Waals surface area contributed by atoms with E-state index in [9.17, 15) is 27.9 Å². The molecule has 0 aromatic heterocycles. The lowest BCUT2D eigenvalue weighted by molar-refractivity contribution is -0.194. The molecular weight excluding hydrogens is 351 g/mol. The Morgan fingerprint density at radius 3 is 2.27 bits per heavy atom. The first kappa shape index (κ1) is 20.2. The number of carboxylic acids is 1. The van der Waals surface area contributed by atoms with Gasteiger partial charge in [0, 0.05) is 18.4 Å². The van der Waals surface area contributed by atoms with Crippen molar-refractivity contribution in [2.75, 3.05) is 6.61 Å². The number of rotatable bonds is 6. The van der Waals surface area contributed by atoms with Crippen LogP contribution in [-0.2, 0) is 26.9 Å². The van der Waals surface area contributed by atoms with Crippen molar-refractivity contribution in [3.63, 3.8) is 0 Å². The van der Waals surface area contributed by atoms with Crippen LogP contribution in [0.15, 0.2) is 24.3 Å². The topological polar surface area (TPSA) is 75.6 Å². The first-order valence-corrected chi connectivity index (χ1v) is 8.26. The van der Waals surface area contributed by atoms with Gasteiger partial charge >= 0.3 is 12.1 Å². The van der Waals surface area contributed by atoms with Crippen molar-refractivity contribution in [2.45, 2.75) is 51.4 Å². The molecule has 1 aliphatic carbocycles. The van der Waals surface area contributed by atoms with Gasteiger partial charge in [-0.1, -0.05) is 26.0 Å². The smallest absolute Gasteiger partial charge is 0.416 e. The summed E-state index contributed by atoms with van der Waals surface area (Å²) in [6.45, 7) is 5.66. The minimum Gasteiger partial charge on any atom is -0.479 e. The molecule has 0 saturated heterocycles. The van der Waals surface area contributed by atoms with Crippen LogP contribution in [0.5, 0.6) is 0 Å². The third-order valence-electron chi connectivity index (χ3n) is 5.13. The Kier molecular flexibility index (Phi) is 5.37. The molecule has 8 heteroatoms. The highest BCUT2D eigenvalue weighted by Gasteiger charge is 2.66. The molecule has 1 aromatic carbocycles. The van der Waals surface area contributed by atoms with Crippen molar-refractivity contribution in [1.82, 2.24) is 5.32 Å². The number of hydrogen-bond acceptors (Lipinski definition) is 3. The van der Waals surface area contributed by atoms with Gasteiger partial charge < -0.3 is 15.2 Å². The summed E-state index contributed by atoms with van der Waals surface area (Å²) < 4.78 is 43.2. The van der Waals surface area contributed by atoms with Crippen LogP contribution in [0.3, 0.4) is 0 Å². The Morgan fingerprint density at radius 2 is 1.85 bits per heavy atom. The molecule has 2 rings (SSSR count). The van der Waals surface area contributed by atoms with Gasteiger partial charge in [0.1, 0.15) is 5.54 Å². The molecule has 1 saturated carbocycles. The number of carbonyl (C=O) groups is 2. The Balaban J connectivity index is 2.09. The summed E-state index contributed by atoms with van der Waals surface area (Å²) in [7, 11) is 0. The summed E-state index contributed by atoms with van der Waals surface area (Å²) in [5, 5.41) is 12.2. The quantitative estimate of drug-likeness (QED) is 0.804. The lowest BCUT2D eigenvalue weighted by atomic mass is 9.54. The molecule has 0 radical (unpaired) electrons. The van der Waals surface area contributed by atoms with Gasteiger partial charge in [-0.15, -0.1) is 0 Å². The largest absolute Gasteiger partial charge is 0.479 e. The molecule has 2 N–H and O–H groups in total. The number of hydrogen-bond donors (Lipinski definition) is 2. The van der Waals surface area contributed by atoms with Gasteiger partial charge in [-0.05, 0) is 24.6 Å². The van der Waals surface area contributed by atoms with Crippen LogP contribution in [0.25, 0.3) is 0 Å². The van der Waals surface area contributed by atoms with Gasteiger partial charge in [0.05, 0.1) is 18.1 Å². The second-order valence-electron chi connectivity index (χ2n) is 7.00. The fourth-order valence-electron chi connectivity index (χ4n) is 3.32. The van der Waals surface area contributed by atoms with Crippen molar-refractivity contribution < 1.29 is 32.6 Å². The first-order valence-electron chi connectivity index (χ1n) is 8.26. The second kappa shape index (κ2) is 6.90. The van der Waals surface area contributed by atoms with Crippen molar-refractivity contribution >= 4 is 11.9 Å². The summed E-state index contributed by atoms with van der Waals surface area (Å²) in [5.41, 5.74) is -2.71. The summed E-state index contributed by atoms with van der Waals surface area (Å²) in [6, 6.07) is 4.22. The Hall–Kier alpha value is -2.09. The van der Waals surface area contributed by atoms with Crippen LogP contribution >= 0.6 is 0 Å². The summed E-state index contributed by atoms with van der Waals surface area (Å²) in [6.07, 6.45) is -4.81. The van der Waals surface area contributed by atoms with Crippen molar-refractivity contribution in [3.05, 3.63) is 35.4 Å². The minimum absolute atomic E-state index is 0.141. The molecule has 1 fully saturated rings. The number of benzene rings is 1. The van der Waals surface area contributed by atoms with Gasteiger partial charge in [0.2, 0.25) is 5.91 Å². The summed E-state index contributed by atoms with van der Waals surface area (Å²) >= 11 is 0. The van der Waals surface area contributed by atoms with Gasteiger partial charge in [0.15, 0.2) is 0 Å². The van der Waals surface area contributed by atoms with E-state index in [1.165, 1.54) is 12.1 Å². The van der Waals surface area contributed by atoms with Crippen LogP contribution in [0.2, 0.25) is 0 Å². The number of nitrogens with one attached hydrogen (secondary N) is 1. The highest BCUT2D eigenvalue weighted by atomic mass is 19.4. The van der Waals surface area contributed by atoms with E-state index in [-0.39, 0.29) is 18.9 Å². The lowest BCUT2D eigenvalue weighted by Crippen LogP contribution is -2.76. The molecule has 0 aliphatic heterocycles. The maximum atomic E-state index is 12.6. The van der Waals surface area contributed by atoms with E-state index >= 15 is 0 Å². The fourth-order valence-corrected chi connectivity index (χ4v) is 3.32. The van der Waals surface area contributed by atoms with Crippen LogP contribution in [0.4, 0.5) is 13.2 Å². The van der Waals surface area contributed by atoms with Crippen LogP contribution in [-0.4, -0.2) is 35.2 Å². The minimum atomic E-state index is -4.45. The molecule has 0 heterocycles. The zero-order valence-electron chi connectivity index (χ0n) is 14.8. The van der Waals surface area contributed by atoms with E-state index in [2.05, 4.69) is 5.32 Å². The Bertz CT molecular complexity index is 685. The molecule has 2 unspecified atom stereocenters. The van der Waals surface area contributed by atoms with E-state index in [0.717, 1.165) is 12.1 Å². The van der Waals surface area contributed by atoms with Crippen LogP contribution in [0.1, 0.15) is 38.3 Å². The third-order valence-corrected chi connectivity index (χ3v) is 5.13. The molecule has 26 heavy (non-hydrogen) atoms. The number of carboxylic acid groups (broad SMARTS) is 1. The average molecular weight is 373 g/mol. The normalized spacial score (nSPS) is 24.6. The van der Waals surface area contributed by atoms with E-state index in [4.69, 9.17) is 4.74 Å². The van der Waals surface area contributed by atoms with E-state index in [0.29, 0.717) is 12.2 Å². The molecule has 144 valence electrons. The van der Waals surface area contributed by atoms with Gasteiger partial charge in [-0.3, -0.25) is 4.79 Å². The third kappa shape index (κ3) is 3.56. The first-order chi connectivity index (χ1) is 11.9. The fraction of sp³-hybridized carbons (Fsp3) is 0.556. The number of aliphatic carboxylic acids is 1. The molecule has 1 aliphatic rings. The average Bonchev–Trinajstić information content (AvgIpc) is 2.53. The molecular formula is C18H22F3NO4. The van der Waals surface area contributed by atoms with Crippen molar-refractivity contribution in [2.24, 2.45) is 5.41 Å². The molecule has 5 nitrogen and oxygen atoms in total.